The normalized spacial score (nSPS) is 11.0. The van der Waals surface area contributed by atoms with Gasteiger partial charge in [0.15, 0.2) is 6.61 Å². The fraction of sp³-hybridized carbons (Fsp3) is 0.300. The Morgan fingerprint density at radius 3 is 2.25 bits per heavy atom. The minimum Gasteiger partial charge on any atom is -0.483 e. The molecule has 8 heteroatoms. The largest absolute Gasteiger partial charge is 0.483 e. The van der Waals surface area contributed by atoms with Gasteiger partial charge in [-0.2, -0.15) is 13.2 Å². The topological polar surface area (TPSA) is 67.4 Å². The number of para-hydroxylation sites is 1. The number of hydrogen-bond acceptors (Lipinski definition) is 3. The van der Waals surface area contributed by atoms with Crippen LogP contribution in [0.25, 0.3) is 0 Å². The van der Waals surface area contributed by atoms with Crippen LogP contribution in [0.3, 0.4) is 0 Å². The van der Waals surface area contributed by atoms with E-state index in [1.807, 2.05) is 25.1 Å². The molecule has 0 aliphatic carbocycles. The number of rotatable bonds is 8. The third-order valence-electron chi connectivity index (χ3n) is 3.92. The monoisotopic (exact) mass is 394 g/mol. The SMILES string of the molecule is CCc1ccccc1OCC(=O)NCCNC(=O)c1ccc(C(F)(F)F)cc1. The number of benzene rings is 2. The highest BCUT2D eigenvalue weighted by Gasteiger charge is 2.30. The lowest BCUT2D eigenvalue weighted by molar-refractivity contribution is -0.137. The predicted octanol–water partition coefficient (Wildman–Crippen LogP) is 3.19. The van der Waals surface area contributed by atoms with Gasteiger partial charge in [0.05, 0.1) is 5.56 Å². The van der Waals surface area contributed by atoms with Crippen LogP contribution in [0, 0.1) is 0 Å². The molecule has 0 unspecified atom stereocenters. The Kier molecular flexibility index (Phi) is 7.43. The summed E-state index contributed by atoms with van der Waals surface area (Å²) in [5, 5.41) is 5.13. The van der Waals surface area contributed by atoms with Crippen molar-refractivity contribution in [1.29, 1.82) is 0 Å². The number of ether oxygens (including phenoxy) is 1. The molecule has 2 aromatic carbocycles. The van der Waals surface area contributed by atoms with Gasteiger partial charge in [0, 0.05) is 18.7 Å². The van der Waals surface area contributed by atoms with E-state index in [-0.39, 0.29) is 31.2 Å². The maximum atomic E-state index is 12.5. The van der Waals surface area contributed by atoms with Gasteiger partial charge in [-0.15, -0.1) is 0 Å². The summed E-state index contributed by atoms with van der Waals surface area (Å²) >= 11 is 0. The minimum atomic E-state index is -4.45. The molecule has 5 nitrogen and oxygen atoms in total. The molecule has 0 heterocycles. The number of aryl methyl sites for hydroxylation is 1. The quantitative estimate of drug-likeness (QED) is 0.676. The second-order valence-corrected chi connectivity index (χ2v) is 5.93. The summed E-state index contributed by atoms with van der Waals surface area (Å²) in [6.45, 7) is 2.15. The number of alkyl halides is 3. The summed E-state index contributed by atoms with van der Waals surface area (Å²) in [7, 11) is 0. The van der Waals surface area contributed by atoms with E-state index >= 15 is 0 Å². The van der Waals surface area contributed by atoms with Gasteiger partial charge in [0.25, 0.3) is 11.8 Å². The van der Waals surface area contributed by atoms with Gasteiger partial charge in [-0.1, -0.05) is 25.1 Å². The summed E-state index contributed by atoms with van der Waals surface area (Å²) in [6.07, 6.45) is -3.66. The van der Waals surface area contributed by atoms with Crippen molar-refractivity contribution in [2.45, 2.75) is 19.5 Å². The first-order chi connectivity index (χ1) is 13.3. The molecule has 0 fully saturated rings. The van der Waals surface area contributed by atoms with Gasteiger partial charge in [0.1, 0.15) is 5.75 Å². The van der Waals surface area contributed by atoms with Crippen molar-refractivity contribution >= 4 is 11.8 Å². The van der Waals surface area contributed by atoms with Gasteiger partial charge >= 0.3 is 6.18 Å². The smallest absolute Gasteiger partial charge is 0.416 e. The Morgan fingerprint density at radius 1 is 0.964 bits per heavy atom. The van der Waals surface area contributed by atoms with Gasteiger partial charge < -0.3 is 15.4 Å². The van der Waals surface area contributed by atoms with E-state index in [1.165, 1.54) is 0 Å². The summed E-state index contributed by atoms with van der Waals surface area (Å²) in [5.74, 6) is -0.207. The van der Waals surface area contributed by atoms with Crippen LogP contribution >= 0.6 is 0 Å². The molecular weight excluding hydrogens is 373 g/mol. The molecule has 0 saturated heterocycles. The van der Waals surface area contributed by atoms with E-state index in [2.05, 4.69) is 10.6 Å². The van der Waals surface area contributed by atoms with E-state index < -0.39 is 17.6 Å². The van der Waals surface area contributed by atoms with Crippen LogP contribution in [-0.4, -0.2) is 31.5 Å². The lowest BCUT2D eigenvalue weighted by Crippen LogP contribution is -2.36. The van der Waals surface area contributed by atoms with Crippen LogP contribution in [-0.2, 0) is 17.4 Å². The van der Waals surface area contributed by atoms with Crippen LogP contribution in [0.1, 0.15) is 28.4 Å². The second kappa shape index (κ2) is 9.77. The Bertz CT molecular complexity index is 805. The van der Waals surface area contributed by atoms with Crippen molar-refractivity contribution in [3.8, 4) is 5.75 Å². The fourth-order valence-electron chi connectivity index (χ4n) is 2.42. The van der Waals surface area contributed by atoms with E-state index in [0.29, 0.717) is 5.75 Å². The lowest BCUT2D eigenvalue weighted by atomic mass is 10.1. The predicted molar refractivity (Wildman–Crippen MR) is 98.1 cm³/mol. The first-order valence-electron chi connectivity index (χ1n) is 8.74. The van der Waals surface area contributed by atoms with Crippen LogP contribution < -0.4 is 15.4 Å². The van der Waals surface area contributed by atoms with Crippen molar-refractivity contribution in [1.82, 2.24) is 10.6 Å². The van der Waals surface area contributed by atoms with Crippen molar-refractivity contribution in [2.24, 2.45) is 0 Å². The zero-order chi connectivity index (χ0) is 20.6. The summed E-state index contributed by atoms with van der Waals surface area (Å²) in [4.78, 5) is 23.7. The molecule has 2 N–H and O–H groups in total. The number of hydrogen-bond donors (Lipinski definition) is 2. The van der Waals surface area contributed by atoms with E-state index in [4.69, 9.17) is 4.74 Å². The summed E-state index contributed by atoms with van der Waals surface area (Å²) in [5.41, 5.74) is 0.291. The second-order valence-electron chi connectivity index (χ2n) is 5.93. The fourth-order valence-corrected chi connectivity index (χ4v) is 2.42. The third kappa shape index (κ3) is 6.29. The average Bonchev–Trinajstić information content (AvgIpc) is 2.69. The summed E-state index contributed by atoms with van der Waals surface area (Å²) < 4.78 is 43.0. The highest BCUT2D eigenvalue weighted by Crippen LogP contribution is 2.29. The van der Waals surface area contributed by atoms with Crippen LogP contribution in [0.2, 0.25) is 0 Å². The highest BCUT2D eigenvalue weighted by molar-refractivity contribution is 5.94. The first kappa shape index (κ1) is 21.3. The Hall–Kier alpha value is -3.03. The number of carbonyl (C=O) groups excluding carboxylic acids is 2. The molecule has 0 spiro atoms. The molecule has 2 amide bonds. The number of carbonyl (C=O) groups is 2. The highest BCUT2D eigenvalue weighted by atomic mass is 19.4. The van der Waals surface area contributed by atoms with Gasteiger partial charge in [-0.3, -0.25) is 9.59 Å². The first-order valence-corrected chi connectivity index (χ1v) is 8.74. The van der Waals surface area contributed by atoms with Crippen LogP contribution in [0.5, 0.6) is 5.75 Å². The number of amides is 2. The van der Waals surface area contributed by atoms with Crippen molar-refractivity contribution < 1.29 is 27.5 Å². The van der Waals surface area contributed by atoms with E-state index in [1.54, 1.807) is 6.07 Å². The lowest BCUT2D eigenvalue weighted by Gasteiger charge is -2.11. The molecule has 0 saturated carbocycles. The van der Waals surface area contributed by atoms with E-state index in [0.717, 1.165) is 36.2 Å². The molecule has 28 heavy (non-hydrogen) atoms. The molecule has 0 bridgehead atoms. The molecule has 0 radical (unpaired) electrons. The molecule has 2 aromatic rings. The Morgan fingerprint density at radius 2 is 1.61 bits per heavy atom. The molecule has 0 atom stereocenters. The Balaban J connectivity index is 1.70. The molecule has 0 aliphatic heterocycles. The Labute approximate surface area is 160 Å². The zero-order valence-corrected chi connectivity index (χ0v) is 15.3. The maximum absolute atomic E-state index is 12.5. The summed E-state index contributed by atoms with van der Waals surface area (Å²) in [6, 6.07) is 11.3. The molecule has 0 aliphatic rings. The molecule has 2 rings (SSSR count). The third-order valence-corrected chi connectivity index (χ3v) is 3.92. The number of halogens is 3. The van der Waals surface area contributed by atoms with Crippen LogP contribution in [0.4, 0.5) is 13.2 Å². The molecule has 0 aromatic heterocycles. The standard InChI is InChI=1S/C20H21F3N2O3/c1-2-14-5-3-4-6-17(14)28-13-18(26)24-11-12-25-19(27)15-7-9-16(10-8-15)20(21,22)23/h3-10H,2,11-13H2,1H3,(H,24,26)(H,25,27). The average molecular weight is 394 g/mol. The molecular formula is C20H21F3N2O3. The van der Waals surface area contributed by atoms with Gasteiger partial charge in [0.2, 0.25) is 0 Å². The van der Waals surface area contributed by atoms with E-state index in [9.17, 15) is 22.8 Å². The van der Waals surface area contributed by atoms with Gasteiger partial charge in [-0.25, -0.2) is 0 Å². The van der Waals surface area contributed by atoms with Crippen molar-refractivity contribution in [3.05, 3.63) is 65.2 Å². The van der Waals surface area contributed by atoms with Crippen molar-refractivity contribution in [2.75, 3.05) is 19.7 Å². The van der Waals surface area contributed by atoms with Crippen molar-refractivity contribution in [3.63, 3.8) is 0 Å². The number of nitrogens with one attached hydrogen (secondary N) is 2. The zero-order valence-electron chi connectivity index (χ0n) is 15.3. The maximum Gasteiger partial charge on any atom is 0.416 e. The van der Waals surface area contributed by atoms with Gasteiger partial charge in [-0.05, 0) is 42.3 Å². The van der Waals surface area contributed by atoms with Crippen LogP contribution in [0.15, 0.2) is 48.5 Å². The minimum absolute atomic E-state index is 0.110. The molecule has 150 valence electrons.